The van der Waals surface area contributed by atoms with Gasteiger partial charge in [0.1, 0.15) is 5.75 Å². The third kappa shape index (κ3) is 4.46. The highest BCUT2D eigenvalue weighted by molar-refractivity contribution is 6.31. The number of ether oxygens (including phenoxy) is 1. The summed E-state index contributed by atoms with van der Waals surface area (Å²) in [6.07, 6.45) is 0. The molecule has 0 bridgehead atoms. The Bertz CT molecular complexity index is 416. The molecule has 0 fully saturated rings. The van der Waals surface area contributed by atoms with Gasteiger partial charge in [0.25, 0.3) is 5.91 Å². The Balaban J connectivity index is 2.83. The largest absolute Gasteiger partial charge is 0.434 e. The number of alkyl halides is 2. The lowest BCUT2D eigenvalue weighted by molar-refractivity contribution is -0.0501. The molecule has 0 unspecified atom stereocenters. The van der Waals surface area contributed by atoms with Crippen molar-refractivity contribution in [3.05, 3.63) is 28.8 Å². The zero-order valence-corrected chi connectivity index (χ0v) is 10.4. The lowest BCUT2D eigenvalue weighted by atomic mass is 10.2. The van der Waals surface area contributed by atoms with Crippen LogP contribution in [0.2, 0.25) is 5.02 Å². The van der Waals surface area contributed by atoms with Gasteiger partial charge in [0.05, 0.1) is 5.56 Å². The Morgan fingerprint density at radius 3 is 2.78 bits per heavy atom. The summed E-state index contributed by atoms with van der Waals surface area (Å²) in [5, 5.41) is 5.67. The standard InChI is InChI=1S/C11H13ClF2N2O2/c1-15-4-5-16-10(17)8-6-7(12)2-3-9(8)18-11(13)14/h2-3,6,11,15H,4-5H2,1H3,(H,16,17). The molecule has 2 N–H and O–H groups in total. The smallest absolute Gasteiger partial charge is 0.387 e. The minimum absolute atomic E-state index is 0.0149. The van der Waals surface area contributed by atoms with Gasteiger partial charge in [-0.1, -0.05) is 11.6 Å². The maximum absolute atomic E-state index is 12.2. The van der Waals surface area contributed by atoms with E-state index in [4.69, 9.17) is 11.6 Å². The van der Waals surface area contributed by atoms with Crippen molar-refractivity contribution in [2.24, 2.45) is 0 Å². The Hall–Kier alpha value is -1.40. The van der Waals surface area contributed by atoms with Gasteiger partial charge in [-0.05, 0) is 25.2 Å². The molecule has 100 valence electrons. The average molecular weight is 279 g/mol. The van der Waals surface area contributed by atoms with Crippen LogP contribution in [0.25, 0.3) is 0 Å². The fourth-order valence-corrected chi connectivity index (χ4v) is 1.45. The zero-order chi connectivity index (χ0) is 13.5. The highest BCUT2D eigenvalue weighted by Crippen LogP contribution is 2.24. The number of carbonyl (C=O) groups is 1. The number of hydrogen-bond acceptors (Lipinski definition) is 3. The lowest BCUT2D eigenvalue weighted by Crippen LogP contribution is -2.30. The van der Waals surface area contributed by atoms with Crippen molar-refractivity contribution in [3.63, 3.8) is 0 Å². The molecule has 0 aliphatic carbocycles. The Morgan fingerprint density at radius 1 is 1.44 bits per heavy atom. The Kier molecular flexibility index (Phi) is 5.80. The Labute approximate surface area is 108 Å². The first kappa shape index (κ1) is 14.7. The van der Waals surface area contributed by atoms with E-state index >= 15 is 0 Å². The van der Waals surface area contributed by atoms with Crippen LogP contribution in [0.15, 0.2) is 18.2 Å². The molecule has 18 heavy (non-hydrogen) atoms. The van der Waals surface area contributed by atoms with E-state index in [1.54, 1.807) is 7.05 Å². The van der Waals surface area contributed by atoms with Crippen molar-refractivity contribution in [1.82, 2.24) is 10.6 Å². The van der Waals surface area contributed by atoms with E-state index in [2.05, 4.69) is 15.4 Å². The highest BCUT2D eigenvalue weighted by atomic mass is 35.5. The molecule has 0 aliphatic heterocycles. The summed E-state index contributed by atoms with van der Waals surface area (Å²) < 4.78 is 28.6. The summed E-state index contributed by atoms with van der Waals surface area (Å²) in [4.78, 5) is 11.8. The highest BCUT2D eigenvalue weighted by Gasteiger charge is 2.15. The van der Waals surface area contributed by atoms with Crippen molar-refractivity contribution in [2.45, 2.75) is 6.61 Å². The van der Waals surface area contributed by atoms with Crippen LogP contribution in [0.3, 0.4) is 0 Å². The van der Waals surface area contributed by atoms with E-state index in [1.165, 1.54) is 18.2 Å². The predicted octanol–water partition coefficient (Wildman–Crippen LogP) is 1.89. The number of likely N-dealkylation sites (N-methyl/N-ethyl adjacent to an activating group) is 1. The van der Waals surface area contributed by atoms with Crippen LogP contribution in [0.1, 0.15) is 10.4 Å². The van der Waals surface area contributed by atoms with Crippen molar-refractivity contribution in [1.29, 1.82) is 0 Å². The van der Waals surface area contributed by atoms with Crippen molar-refractivity contribution in [3.8, 4) is 5.75 Å². The van der Waals surface area contributed by atoms with Gasteiger partial charge in [-0.15, -0.1) is 0 Å². The molecule has 1 rings (SSSR count). The quantitative estimate of drug-likeness (QED) is 0.782. The van der Waals surface area contributed by atoms with Crippen LogP contribution in [0, 0.1) is 0 Å². The topological polar surface area (TPSA) is 50.4 Å². The molecule has 4 nitrogen and oxygen atoms in total. The normalized spacial score (nSPS) is 10.5. The molecular weight excluding hydrogens is 266 g/mol. The summed E-state index contributed by atoms with van der Waals surface area (Å²) in [7, 11) is 1.73. The average Bonchev–Trinajstić information content (AvgIpc) is 2.31. The van der Waals surface area contributed by atoms with Gasteiger partial charge in [-0.3, -0.25) is 4.79 Å². The molecule has 1 aromatic rings. The molecule has 0 aliphatic rings. The number of nitrogens with one attached hydrogen (secondary N) is 2. The van der Waals surface area contributed by atoms with Crippen LogP contribution in [-0.4, -0.2) is 32.7 Å². The van der Waals surface area contributed by atoms with Gasteiger partial charge in [-0.25, -0.2) is 0 Å². The van der Waals surface area contributed by atoms with Crippen LogP contribution >= 0.6 is 11.6 Å². The molecule has 0 radical (unpaired) electrons. The number of rotatable bonds is 6. The van der Waals surface area contributed by atoms with Crippen molar-refractivity contribution in [2.75, 3.05) is 20.1 Å². The maximum atomic E-state index is 12.2. The predicted molar refractivity (Wildman–Crippen MR) is 64.3 cm³/mol. The first-order chi connectivity index (χ1) is 8.54. The first-order valence-electron chi connectivity index (χ1n) is 5.21. The summed E-state index contributed by atoms with van der Waals surface area (Å²) >= 11 is 5.72. The Morgan fingerprint density at radius 2 is 2.17 bits per heavy atom. The number of carbonyl (C=O) groups excluding carboxylic acids is 1. The van der Waals surface area contributed by atoms with E-state index in [0.717, 1.165) is 0 Å². The summed E-state index contributed by atoms with van der Waals surface area (Å²) in [5.41, 5.74) is -0.0149. The molecular formula is C11H13ClF2N2O2. The van der Waals surface area contributed by atoms with Crippen LogP contribution in [-0.2, 0) is 0 Å². The summed E-state index contributed by atoms with van der Waals surface area (Å²) in [6, 6.07) is 3.90. The van der Waals surface area contributed by atoms with E-state index in [1.807, 2.05) is 0 Å². The van der Waals surface area contributed by atoms with Crippen LogP contribution in [0.4, 0.5) is 8.78 Å². The number of benzene rings is 1. The van der Waals surface area contributed by atoms with Gasteiger partial charge in [0.15, 0.2) is 0 Å². The van der Waals surface area contributed by atoms with Crippen LogP contribution < -0.4 is 15.4 Å². The van der Waals surface area contributed by atoms with Gasteiger partial charge < -0.3 is 15.4 Å². The summed E-state index contributed by atoms with van der Waals surface area (Å²) in [6.45, 7) is -2.05. The van der Waals surface area contributed by atoms with E-state index in [-0.39, 0.29) is 16.3 Å². The van der Waals surface area contributed by atoms with E-state index in [0.29, 0.717) is 13.1 Å². The van der Waals surface area contributed by atoms with Gasteiger partial charge in [-0.2, -0.15) is 8.78 Å². The monoisotopic (exact) mass is 278 g/mol. The fraction of sp³-hybridized carbons (Fsp3) is 0.364. The third-order valence-electron chi connectivity index (χ3n) is 2.06. The molecule has 0 atom stereocenters. The van der Waals surface area contributed by atoms with Gasteiger partial charge in [0.2, 0.25) is 0 Å². The van der Waals surface area contributed by atoms with Crippen molar-refractivity contribution >= 4 is 17.5 Å². The molecule has 7 heteroatoms. The maximum Gasteiger partial charge on any atom is 0.387 e. The second kappa shape index (κ2) is 7.13. The second-order valence-electron chi connectivity index (χ2n) is 3.38. The third-order valence-corrected chi connectivity index (χ3v) is 2.30. The minimum Gasteiger partial charge on any atom is -0.434 e. The van der Waals surface area contributed by atoms with Gasteiger partial charge in [0, 0.05) is 18.1 Å². The lowest BCUT2D eigenvalue weighted by Gasteiger charge is -2.11. The summed E-state index contributed by atoms with van der Waals surface area (Å²) in [5.74, 6) is -0.709. The molecule has 0 aromatic heterocycles. The van der Waals surface area contributed by atoms with Crippen molar-refractivity contribution < 1.29 is 18.3 Å². The zero-order valence-electron chi connectivity index (χ0n) is 9.67. The molecule has 1 aromatic carbocycles. The molecule has 0 heterocycles. The number of hydrogen-bond donors (Lipinski definition) is 2. The molecule has 0 spiro atoms. The molecule has 1 amide bonds. The molecule has 0 saturated carbocycles. The fourth-order valence-electron chi connectivity index (χ4n) is 1.27. The first-order valence-corrected chi connectivity index (χ1v) is 5.59. The van der Waals surface area contributed by atoms with Crippen LogP contribution in [0.5, 0.6) is 5.75 Å². The number of amides is 1. The second-order valence-corrected chi connectivity index (χ2v) is 3.81. The SMILES string of the molecule is CNCCNC(=O)c1cc(Cl)ccc1OC(F)F. The molecule has 0 saturated heterocycles. The minimum atomic E-state index is -2.99. The van der Waals surface area contributed by atoms with Gasteiger partial charge >= 0.3 is 6.61 Å². The van der Waals surface area contributed by atoms with E-state index < -0.39 is 12.5 Å². The van der Waals surface area contributed by atoms with E-state index in [9.17, 15) is 13.6 Å². The number of halogens is 3.